The lowest BCUT2D eigenvalue weighted by Gasteiger charge is -2.22. The van der Waals surface area contributed by atoms with Crippen LogP contribution in [0.1, 0.15) is 6.23 Å². The summed E-state index contributed by atoms with van der Waals surface area (Å²) in [6, 6.07) is 1.25. The van der Waals surface area contributed by atoms with Crippen molar-refractivity contribution >= 4 is 39.2 Å². The first kappa shape index (κ1) is 19.2. The Balaban J connectivity index is 1.55. The summed E-state index contributed by atoms with van der Waals surface area (Å²) in [5, 5.41) is 0. The molecule has 4 rings (SSSR count). The molecule has 0 amide bonds. The molecule has 0 saturated carbocycles. The van der Waals surface area contributed by atoms with Gasteiger partial charge in [-0.1, -0.05) is 22.8 Å². The van der Waals surface area contributed by atoms with Gasteiger partial charge in [-0.2, -0.15) is 0 Å². The van der Waals surface area contributed by atoms with E-state index in [4.69, 9.17) is 35.3 Å². The molecule has 5 atom stereocenters. The minimum Gasteiger partial charge on any atom is -0.346 e. The van der Waals surface area contributed by atoms with Crippen LogP contribution >= 0.6 is 27.4 Å². The van der Waals surface area contributed by atoms with Crippen molar-refractivity contribution in [3.05, 3.63) is 33.1 Å². The van der Waals surface area contributed by atoms with Gasteiger partial charge in [0.25, 0.3) is 12.0 Å². The molecule has 144 valence electrons. The highest BCUT2D eigenvalue weighted by Crippen LogP contribution is 2.74. The van der Waals surface area contributed by atoms with Gasteiger partial charge in [0.05, 0.1) is 6.61 Å². The second kappa shape index (κ2) is 7.69. The Morgan fingerprint density at radius 2 is 2.04 bits per heavy atom. The topological polar surface area (TPSA) is 101 Å². The smallest absolute Gasteiger partial charge is 0.330 e. The molecule has 0 bridgehead atoms. The average molecular weight is 440 g/mol. The number of rotatable bonds is 5. The molecular weight excluding hydrogens is 423 g/mol. The molecule has 1 aromatic rings. The molecule has 9 nitrogen and oxygen atoms in total. The highest BCUT2D eigenvalue weighted by molar-refractivity contribution is 9.00. The van der Waals surface area contributed by atoms with Crippen molar-refractivity contribution in [2.45, 2.75) is 31.0 Å². The molecule has 4 heterocycles. The molecule has 3 fully saturated rings. The van der Waals surface area contributed by atoms with Gasteiger partial charge in [-0.25, -0.2) is 4.79 Å². The third kappa shape index (κ3) is 3.71. The van der Waals surface area contributed by atoms with Crippen molar-refractivity contribution < 1.29 is 23.5 Å². The largest absolute Gasteiger partial charge is 0.346 e. The lowest BCUT2D eigenvalue weighted by atomic mass is 10.1. The minimum atomic E-state index is -1.95. The molecule has 1 N–H and O–H groups in total. The van der Waals surface area contributed by atoms with Crippen LogP contribution in [-0.2, 0) is 35.3 Å². The summed E-state index contributed by atoms with van der Waals surface area (Å²) in [4.78, 5) is 25.7. The lowest BCUT2D eigenvalue weighted by molar-refractivity contribution is -0.256. The predicted octanol–water partition coefficient (Wildman–Crippen LogP) is 0.869. The Morgan fingerprint density at radius 1 is 1.31 bits per heavy atom. The molecule has 13 heteroatoms. The molecule has 1 aromatic heterocycles. The van der Waals surface area contributed by atoms with Gasteiger partial charge in [-0.05, 0) is 11.8 Å². The number of ether oxygens (including phenoxy) is 4. The van der Waals surface area contributed by atoms with Gasteiger partial charge in [-0.15, -0.1) is 0 Å². The zero-order chi connectivity index (χ0) is 18.3. The molecular formula is C13H17N2O7PS3. The molecule has 0 aliphatic carbocycles. The summed E-state index contributed by atoms with van der Waals surface area (Å²) in [6.07, 6.45) is -0.893. The lowest BCUT2D eigenvalue weighted by Crippen LogP contribution is -2.36. The number of H-pyrrole nitrogens is 1. The standard InChI is InChI=1S/C13H17N2O7PS3/c1-18-13-21-9-7(6-19-23(24)25-4-5-26-23)20-11(10(9)22-13)15-3-2-8(16)14-12(15)17/h2-3,7,9-11,13H,4-6H2,1H3,(H,14,16,17)/t7-,9+,10?,11-,13?/m1/s1. The first-order valence-corrected chi connectivity index (χ1v) is 13.7. The third-order valence-electron chi connectivity index (χ3n) is 4.12. The van der Waals surface area contributed by atoms with Crippen LogP contribution in [0.15, 0.2) is 21.9 Å². The zero-order valence-corrected chi connectivity index (χ0v) is 17.0. The average Bonchev–Trinajstić information content (AvgIpc) is 3.29. The minimum absolute atomic E-state index is 0.243. The van der Waals surface area contributed by atoms with Crippen LogP contribution in [0.5, 0.6) is 0 Å². The van der Waals surface area contributed by atoms with E-state index in [1.165, 1.54) is 23.9 Å². The Hall–Kier alpha value is -0.170. The predicted molar refractivity (Wildman–Crippen MR) is 101 cm³/mol. The van der Waals surface area contributed by atoms with Gasteiger partial charge in [0.2, 0.25) is 0 Å². The van der Waals surface area contributed by atoms with Crippen molar-refractivity contribution in [2.24, 2.45) is 0 Å². The summed E-state index contributed by atoms with van der Waals surface area (Å²) >= 11 is 8.95. The number of methoxy groups -OCH3 is 1. The van der Waals surface area contributed by atoms with E-state index in [1.807, 2.05) is 0 Å². The Bertz CT molecular complexity index is 822. The van der Waals surface area contributed by atoms with E-state index in [1.54, 1.807) is 22.8 Å². The van der Waals surface area contributed by atoms with Crippen LogP contribution < -0.4 is 11.2 Å². The maximum absolute atomic E-state index is 12.1. The van der Waals surface area contributed by atoms with Crippen LogP contribution in [0.25, 0.3) is 0 Å². The van der Waals surface area contributed by atoms with E-state index in [9.17, 15) is 9.59 Å². The summed E-state index contributed by atoms with van der Waals surface area (Å²) in [6.45, 7) is -0.604. The Labute approximate surface area is 161 Å². The Kier molecular flexibility index (Phi) is 5.66. The second-order valence-corrected chi connectivity index (χ2v) is 16.5. The summed E-state index contributed by atoms with van der Waals surface area (Å²) in [5.74, 6) is 1.97. The van der Waals surface area contributed by atoms with Gasteiger partial charge in [0, 0.05) is 30.9 Å². The molecule has 0 radical (unpaired) electrons. The quantitative estimate of drug-likeness (QED) is 0.664. The monoisotopic (exact) mass is 440 g/mol. The van der Waals surface area contributed by atoms with Crippen molar-refractivity contribution in [2.75, 3.05) is 25.2 Å². The maximum Gasteiger partial charge on any atom is 0.330 e. The van der Waals surface area contributed by atoms with Crippen molar-refractivity contribution in [1.82, 2.24) is 9.55 Å². The van der Waals surface area contributed by atoms with E-state index < -0.39 is 46.9 Å². The molecule has 0 spiro atoms. The van der Waals surface area contributed by atoms with E-state index in [0.717, 1.165) is 11.5 Å². The molecule has 26 heavy (non-hydrogen) atoms. The Morgan fingerprint density at radius 3 is 2.73 bits per heavy atom. The number of fused-ring (bicyclic) bond motifs is 1. The SMILES string of the molecule is COC1OC2[C@@H](O1)[C@@H](COP1(=S)SCCS1)O[C@H]2n1ccc(=O)[nH]c1=O. The second-order valence-electron chi connectivity index (χ2n) is 5.72. The highest BCUT2D eigenvalue weighted by Gasteiger charge is 2.54. The highest BCUT2D eigenvalue weighted by atomic mass is 33.2. The number of hydrogen-bond donors (Lipinski definition) is 1. The summed E-state index contributed by atoms with van der Waals surface area (Å²) < 4.78 is 27.9. The van der Waals surface area contributed by atoms with Crippen molar-refractivity contribution in [3.8, 4) is 0 Å². The van der Waals surface area contributed by atoms with Gasteiger partial charge in [0.1, 0.15) is 18.3 Å². The van der Waals surface area contributed by atoms with Gasteiger partial charge >= 0.3 is 5.69 Å². The zero-order valence-electron chi connectivity index (χ0n) is 13.6. The fourth-order valence-corrected chi connectivity index (χ4v) is 11.8. The van der Waals surface area contributed by atoms with Gasteiger partial charge < -0.3 is 23.5 Å². The molecule has 3 saturated heterocycles. The van der Waals surface area contributed by atoms with E-state index in [2.05, 4.69) is 4.98 Å². The number of aromatic nitrogens is 2. The van der Waals surface area contributed by atoms with Gasteiger partial charge in [0.15, 0.2) is 10.9 Å². The van der Waals surface area contributed by atoms with Crippen LogP contribution in [-0.4, -0.2) is 59.6 Å². The summed E-state index contributed by atoms with van der Waals surface area (Å²) in [5.41, 5.74) is -1.06. The normalized spacial score (nSPS) is 35.7. The van der Waals surface area contributed by atoms with Crippen molar-refractivity contribution in [1.29, 1.82) is 0 Å². The number of nitrogens with zero attached hydrogens (tertiary/aromatic N) is 1. The van der Waals surface area contributed by atoms with Crippen molar-refractivity contribution in [3.63, 3.8) is 0 Å². The summed E-state index contributed by atoms with van der Waals surface area (Å²) in [7, 11) is 1.47. The van der Waals surface area contributed by atoms with E-state index in [-0.39, 0.29) is 6.61 Å². The number of nitrogens with one attached hydrogen (secondary N) is 1. The van der Waals surface area contributed by atoms with Crippen LogP contribution in [0, 0.1) is 0 Å². The van der Waals surface area contributed by atoms with Crippen LogP contribution in [0.2, 0.25) is 0 Å². The fraction of sp³-hybridized carbons (Fsp3) is 0.692. The first-order chi connectivity index (χ1) is 12.5. The van der Waals surface area contributed by atoms with E-state index >= 15 is 0 Å². The number of hydrogen-bond acceptors (Lipinski definition) is 10. The molecule has 0 aromatic carbocycles. The number of aromatic amines is 1. The fourth-order valence-electron chi connectivity index (χ4n) is 2.98. The molecule has 3 aliphatic rings. The van der Waals surface area contributed by atoms with E-state index in [0.29, 0.717) is 0 Å². The third-order valence-corrected chi connectivity index (χ3v) is 14.0. The van der Waals surface area contributed by atoms with Crippen LogP contribution in [0.3, 0.4) is 0 Å². The maximum atomic E-state index is 12.1. The first-order valence-electron chi connectivity index (χ1n) is 7.83. The molecule has 2 unspecified atom stereocenters. The molecule has 3 aliphatic heterocycles. The van der Waals surface area contributed by atoms with Gasteiger partial charge in [-0.3, -0.25) is 14.3 Å². The van der Waals surface area contributed by atoms with Crippen LogP contribution in [0.4, 0.5) is 0 Å².